The second-order valence-electron chi connectivity index (χ2n) is 4.49. The molecule has 0 spiro atoms. The minimum absolute atomic E-state index is 0.161. The van der Waals surface area contributed by atoms with Gasteiger partial charge in [-0.2, -0.15) is 5.10 Å². The number of methoxy groups -OCH3 is 1. The van der Waals surface area contributed by atoms with E-state index in [1.54, 1.807) is 10.9 Å². The van der Waals surface area contributed by atoms with Crippen LogP contribution in [0.5, 0.6) is 0 Å². The van der Waals surface area contributed by atoms with Crippen LogP contribution in [-0.4, -0.2) is 22.9 Å². The van der Waals surface area contributed by atoms with Gasteiger partial charge in [0.15, 0.2) is 5.69 Å². The van der Waals surface area contributed by atoms with Crippen molar-refractivity contribution in [2.45, 2.75) is 20.4 Å². The van der Waals surface area contributed by atoms with Crippen LogP contribution in [0, 0.1) is 13.8 Å². The Kier molecular flexibility index (Phi) is 3.55. The van der Waals surface area contributed by atoms with Gasteiger partial charge in [-0.1, -0.05) is 18.2 Å². The van der Waals surface area contributed by atoms with Gasteiger partial charge in [-0.15, -0.1) is 0 Å². The summed E-state index contributed by atoms with van der Waals surface area (Å²) in [7, 11) is 1.31. The van der Waals surface area contributed by atoms with Crippen molar-refractivity contribution in [2.24, 2.45) is 0 Å². The van der Waals surface area contributed by atoms with Gasteiger partial charge in [0, 0.05) is 6.20 Å². The number of nitrogens with two attached hydrogens (primary N) is 1. The normalized spacial score (nSPS) is 10.5. The highest BCUT2D eigenvalue weighted by Crippen LogP contribution is 2.17. The van der Waals surface area contributed by atoms with Crippen molar-refractivity contribution < 1.29 is 9.53 Å². The number of carbonyl (C=O) groups is 1. The van der Waals surface area contributed by atoms with Gasteiger partial charge in [-0.3, -0.25) is 4.68 Å². The van der Waals surface area contributed by atoms with Crippen molar-refractivity contribution in [2.75, 3.05) is 12.8 Å². The van der Waals surface area contributed by atoms with Crippen LogP contribution in [0.2, 0.25) is 0 Å². The largest absolute Gasteiger partial charge is 0.464 e. The van der Waals surface area contributed by atoms with E-state index >= 15 is 0 Å². The Morgan fingerprint density at radius 3 is 2.58 bits per heavy atom. The lowest BCUT2D eigenvalue weighted by Crippen LogP contribution is -2.08. The molecule has 100 valence electrons. The number of esters is 1. The molecule has 5 heteroatoms. The molecule has 0 bridgehead atoms. The first-order chi connectivity index (χ1) is 9.02. The summed E-state index contributed by atoms with van der Waals surface area (Å²) < 4.78 is 6.30. The van der Waals surface area contributed by atoms with Gasteiger partial charge in [0.1, 0.15) is 0 Å². The molecule has 0 saturated carbocycles. The molecule has 0 amide bonds. The van der Waals surface area contributed by atoms with Gasteiger partial charge >= 0.3 is 5.97 Å². The Labute approximate surface area is 112 Å². The number of benzene rings is 1. The number of rotatable bonds is 3. The molecule has 0 aliphatic heterocycles. The number of hydrogen-bond acceptors (Lipinski definition) is 4. The minimum atomic E-state index is -0.516. The maximum absolute atomic E-state index is 11.5. The monoisotopic (exact) mass is 259 g/mol. The summed E-state index contributed by atoms with van der Waals surface area (Å²) >= 11 is 0. The molecule has 2 N–H and O–H groups in total. The highest BCUT2D eigenvalue weighted by molar-refractivity contribution is 5.92. The Morgan fingerprint density at radius 2 is 2.00 bits per heavy atom. The molecule has 0 unspecified atom stereocenters. The van der Waals surface area contributed by atoms with Gasteiger partial charge in [0.2, 0.25) is 0 Å². The van der Waals surface area contributed by atoms with Crippen LogP contribution in [0.3, 0.4) is 0 Å². The Bertz CT molecular complexity index is 597. The molecular weight excluding hydrogens is 242 g/mol. The lowest BCUT2D eigenvalue weighted by atomic mass is 10.0. The van der Waals surface area contributed by atoms with Crippen LogP contribution in [0.15, 0.2) is 24.4 Å². The quantitative estimate of drug-likeness (QED) is 0.855. The summed E-state index contributed by atoms with van der Waals surface area (Å²) in [5.41, 5.74) is 9.81. The molecule has 1 aromatic carbocycles. The van der Waals surface area contributed by atoms with Gasteiger partial charge < -0.3 is 10.5 Å². The van der Waals surface area contributed by atoms with Crippen LogP contribution in [0.1, 0.15) is 27.2 Å². The molecular formula is C14H17N3O2. The zero-order valence-corrected chi connectivity index (χ0v) is 11.3. The van der Waals surface area contributed by atoms with Crippen molar-refractivity contribution in [3.8, 4) is 0 Å². The number of nitrogens with zero attached hydrogens (tertiary/aromatic N) is 2. The smallest absolute Gasteiger partial charge is 0.360 e. The maximum Gasteiger partial charge on any atom is 0.360 e. The molecule has 1 aromatic heterocycles. The Hall–Kier alpha value is -2.30. The number of aryl methyl sites for hydroxylation is 2. The molecule has 2 rings (SSSR count). The first-order valence-electron chi connectivity index (χ1n) is 5.99. The first-order valence-corrected chi connectivity index (χ1v) is 5.99. The second kappa shape index (κ2) is 5.14. The van der Waals surface area contributed by atoms with Crippen LogP contribution < -0.4 is 5.73 Å². The fourth-order valence-corrected chi connectivity index (χ4v) is 2.03. The lowest BCUT2D eigenvalue weighted by molar-refractivity contribution is 0.0594. The first kappa shape index (κ1) is 13.1. The summed E-state index contributed by atoms with van der Waals surface area (Å²) in [6.45, 7) is 4.69. The number of nitrogen functional groups attached to an aromatic ring is 1. The van der Waals surface area contributed by atoms with Crippen LogP contribution in [-0.2, 0) is 11.3 Å². The molecule has 0 aliphatic rings. The molecule has 1 heterocycles. The highest BCUT2D eigenvalue weighted by atomic mass is 16.5. The Balaban J connectivity index is 2.32. The fraction of sp³-hybridized carbons (Fsp3) is 0.286. The highest BCUT2D eigenvalue weighted by Gasteiger charge is 2.15. The van der Waals surface area contributed by atoms with Crippen molar-refractivity contribution in [3.05, 3.63) is 46.8 Å². The SMILES string of the molecule is COC(=O)c1nn(Cc2c(C)cccc2C)cc1N. The van der Waals surface area contributed by atoms with Crippen LogP contribution in [0.4, 0.5) is 5.69 Å². The third-order valence-electron chi connectivity index (χ3n) is 3.13. The minimum Gasteiger partial charge on any atom is -0.464 e. The third kappa shape index (κ3) is 2.59. The van der Waals surface area contributed by atoms with Gasteiger partial charge in [-0.05, 0) is 30.5 Å². The fourth-order valence-electron chi connectivity index (χ4n) is 2.03. The molecule has 19 heavy (non-hydrogen) atoms. The molecule has 0 saturated heterocycles. The number of anilines is 1. The maximum atomic E-state index is 11.5. The predicted molar refractivity (Wildman–Crippen MR) is 73.0 cm³/mol. The zero-order chi connectivity index (χ0) is 14.0. The predicted octanol–water partition coefficient (Wildman–Crippen LogP) is 1.92. The summed E-state index contributed by atoms with van der Waals surface area (Å²) in [6.07, 6.45) is 1.65. The van der Waals surface area contributed by atoms with Crippen molar-refractivity contribution in [1.82, 2.24) is 9.78 Å². The van der Waals surface area contributed by atoms with Crippen LogP contribution in [0.25, 0.3) is 0 Å². The van der Waals surface area contributed by atoms with E-state index in [1.165, 1.54) is 23.8 Å². The van der Waals surface area contributed by atoms with E-state index in [9.17, 15) is 4.79 Å². The standard InChI is InChI=1S/C14H17N3O2/c1-9-5-4-6-10(2)11(9)7-17-8-12(15)13(16-17)14(18)19-3/h4-6,8H,7,15H2,1-3H3. The van der Waals surface area contributed by atoms with Gasteiger partial charge in [0.25, 0.3) is 0 Å². The number of hydrogen-bond donors (Lipinski definition) is 1. The lowest BCUT2D eigenvalue weighted by Gasteiger charge is -2.09. The van der Waals surface area contributed by atoms with Crippen LogP contribution >= 0.6 is 0 Å². The van der Waals surface area contributed by atoms with E-state index in [4.69, 9.17) is 5.73 Å². The summed E-state index contributed by atoms with van der Waals surface area (Å²) in [4.78, 5) is 11.5. The van der Waals surface area contributed by atoms with Crippen molar-refractivity contribution in [3.63, 3.8) is 0 Å². The van der Waals surface area contributed by atoms with E-state index in [2.05, 4.69) is 35.8 Å². The molecule has 2 aromatic rings. The second-order valence-corrected chi connectivity index (χ2v) is 4.49. The van der Waals surface area contributed by atoms with Crippen molar-refractivity contribution >= 4 is 11.7 Å². The van der Waals surface area contributed by atoms with E-state index in [-0.39, 0.29) is 5.69 Å². The van der Waals surface area contributed by atoms with Crippen molar-refractivity contribution in [1.29, 1.82) is 0 Å². The Morgan fingerprint density at radius 1 is 1.37 bits per heavy atom. The van der Waals surface area contributed by atoms with E-state index < -0.39 is 5.97 Å². The van der Waals surface area contributed by atoms with E-state index in [0.29, 0.717) is 12.2 Å². The number of ether oxygens (including phenoxy) is 1. The number of carbonyl (C=O) groups excluding carboxylic acids is 1. The zero-order valence-electron chi connectivity index (χ0n) is 11.3. The molecule has 5 nitrogen and oxygen atoms in total. The van der Waals surface area contributed by atoms with E-state index in [0.717, 1.165) is 0 Å². The van der Waals surface area contributed by atoms with Gasteiger partial charge in [-0.25, -0.2) is 4.79 Å². The molecule has 0 atom stereocenters. The van der Waals surface area contributed by atoms with E-state index in [1.807, 2.05) is 6.07 Å². The summed E-state index contributed by atoms with van der Waals surface area (Å²) in [5.74, 6) is -0.516. The summed E-state index contributed by atoms with van der Waals surface area (Å²) in [6, 6.07) is 6.12. The topological polar surface area (TPSA) is 70.1 Å². The average molecular weight is 259 g/mol. The number of aromatic nitrogens is 2. The molecule has 0 fully saturated rings. The average Bonchev–Trinajstić information content (AvgIpc) is 2.74. The van der Waals surface area contributed by atoms with Gasteiger partial charge in [0.05, 0.1) is 19.3 Å². The third-order valence-corrected chi connectivity index (χ3v) is 3.13. The molecule has 0 radical (unpaired) electrons. The molecule has 0 aliphatic carbocycles. The summed E-state index contributed by atoms with van der Waals surface area (Å²) in [5, 5.41) is 4.18.